The molecule has 1 aliphatic rings. The summed E-state index contributed by atoms with van der Waals surface area (Å²) in [6.07, 6.45) is -12.6. The van der Waals surface area contributed by atoms with Crippen LogP contribution in [0.2, 0.25) is 0 Å². The number of rotatable bonds is 4. The second-order valence-electron chi connectivity index (χ2n) is 4.34. The van der Waals surface area contributed by atoms with Gasteiger partial charge in [-0.1, -0.05) is 0 Å². The minimum Gasteiger partial charge on any atom is -0.361 e. The highest BCUT2D eigenvalue weighted by Gasteiger charge is 2.57. The minimum absolute atomic E-state index is 0.0841. The van der Waals surface area contributed by atoms with Crippen LogP contribution in [0.15, 0.2) is 0 Å². The highest BCUT2D eigenvalue weighted by Crippen LogP contribution is 2.35. The van der Waals surface area contributed by atoms with Crippen molar-refractivity contribution in [2.45, 2.75) is 37.7 Å². The molecule has 8 heteroatoms. The van der Waals surface area contributed by atoms with E-state index in [1.807, 2.05) is 0 Å². The summed E-state index contributed by atoms with van der Waals surface area (Å²) in [5.41, 5.74) is 0. The third-order valence-corrected chi connectivity index (χ3v) is 2.80. The number of alkyl halides is 6. The van der Waals surface area contributed by atoms with Gasteiger partial charge in [0.1, 0.15) is 0 Å². The largest absolute Gasteiger partial charge is 0.423 e. The molecule has 0 bridgehead atoms. The van der Waals surface area contributed by atoms with Gasteiger partial charge in [0.05, 0.1) is 0 Å². The molecule has 0 spiro atoms. The van der Waals surface area contributed by atoms with E-state index >= 15 is 0 Å². The molecule has 1 unspecified atom stereocenters. The molecule has 1 fully saturated rings. The molecule has 0 radical (unpaired) electrons. The van der Waals surface area contributed by atoms with Crippen LogP contribution in [-0.2, 0) is 4.74 Å². The van der Waals surface area contributed by atoms with Crippen LogP contribution in [0.25, 0.3) is 0 Å². The molecule has 1 heterocycles. The lowest BCUT2D eigenvalue weighted by molar-refractivity contribution is -0.322. The molecule has 1 saturated heterocycles. The molecule has 2 nitrogen and oxygen atoms in total. The quantitative estimate of drug-likeness (QED) is 0.799. The number of nitrogens with one attached hydrogen (secondary N) is 1. The summed E-state index contributed by atoms with van der Waals surface area (Å²) in [6, 6.07) is 0. The Kier molecular flexibility index (Phi) is 5.27. The Labute approximate surface area is 101 Å². The molecular weight excluding hydrogens is 264 g/mol. The fourth-order valence-electron chi connectivity index (χ4n) is 1.90. The summed E-state index contributed by atoms with van der Waals surface area (Å²) in [4.78, 5) is 0. The summed E-state index contributed by atoms with van der Waals surface area (Å²) < 4.78 is 76.7. The molecule has 1 rings (SSSR count). The van der Waals surface area contributed by atoms with Crippen LogP contribution >= 0.6 is 0 Å². The third-order valence-electron chi connectivity index (χ3n) is 2.80. The van der Waals surface area contributed by atoms with E-state index in [0.29, 0.717) is 6.54 Å². The van der Waals surface area contributed by atoms with E-state index in [1.165, 1.54) is 0 Å². The Bertz CT molecular complexity index is 232. The summed E-state index contributed by atoms with van der Waals surface area (Å²) in [5, 5.41) is 3.03. The van der Waals surface area contributed by atoms with Gasteiger partial charge >= 0.3 is 12.4 Å². The average Bonchev–Trinajstić information content (AvgIpc) is 2.22. The summed E-state index contributed by atoms with van der Waals surface area (Å²) in [5.74, 6) is 0.0841. The van der Waals surface area contributed by atoms with Crippen molar-refractivity contribution in [3.8, 4) is 0 Å². The first-order valence-corrected chi connectivity index (χ1v) is 5.67. The molecular formula is C10H15F6NO. The number of halogens is 6. The van der Waals surface area contributed by atoms with Gasteiger partial charge < -0.3 is 10.1 Å². The van der Waals surface area contributed by atoms with E-state index in [2.05, 4.69) is 10.1 Å². The third kappa shape index (κ3) is 5.01. The van der Waals surface area contributed by atoms with E-state index in [4.69, 9.17) is 0 Å². The van der Waals surface area contributed by atoms with Crippen molar-refractivity contribution in [3.63, 3.8) is 0 Å². The van der Waals surface area contributed by atoms with Gasteiger partial charge in [-0.05, 0) is 38.3 Å². The van der Waals surface area contributed by atoms with E-state index in [1.54, 1.807) is 0 Å². The predicted molar refractivity (Wildman–Crippen MR) is 52.1 cm³/mol. The van der Waals surface area contributed by atoms with Gasteiger partial charge in [0.15, 0.2) is 0 Å². The normalized spacial score (nSPS) is 22.5. The van der Waals surface area contributed by atoms with Crippen LogP contribution < -0.4 is 5.32 Å². The van der Waals surface area contributed by atoms with Gasteiger partial charge in [0, 0.05) is 6.61 Å². The van der Waals surface area contributed by atoms with Crippen LogP contribution in [0.5, 0.6) is 0 Å². The SMILES string of the molecule is FC(F)(F)C(OCCC1CCCNC1)C(F)(F)F. The maximum atomic E-state index is 12.1. The van der Waals surface area contributed by atoms with Gasteiger partial charge in [0.2, 0.25) is 6.10 Å². The predicted octanol–water partition coefficient (Wildman–Crippen LogP) is 2.89. The van der Waals surface area contributed by atoms with Crippen LogP contribution in [0.3, 0.4) is 0 Å². The maximum Gasteiger partial charge on any atom is 0.423 e. The van der Waals surface area contributed by atoms with Gasteiger partial charge in [-0.3, -0.25) is 0 Å². The molecule has 0 amide bonds. The molecule has 0 aromatic carbocycles. The van der Waals surface area contributed by atoms with Crippen molar-refractivity contribution >= 4 is 0 Å². The molecule has 0 aromatic rings. The van der Waals surface area contributed by atoms with Crippen molar-refractivity contribution in [3.05, 3.63) is 0 Å². The summed E-state index contributed by atoms with van der Waals surface area (Å²) in [6.45, 7) is 0.924. The van der Waals surface area contributed by atoms with Crippen molar-refractivity contribution in [2.24, 2.45) is 5.92 Å². The van der Waals surface area contributed by atoms with Gasteiger partial charge in [0.25, 0.3) is 0 Å². The van der Waals surface area contributed by atoms with Crippen molar-refractivity contribution < 1.29 is 31.1 Å². The first-order chi connectivity index (χ1) is 8.21. The lowest BCUT2D eigenvalue weighted by Gasteiger charge is -2.26. The highest BCUT2D eigenvalue weighted by atomic mass is 19.4. The lowest BCUT2D eigenvalue weighted by atomic mass is 9.97. The van der Waals surface area contributed by atoms with E-state index in [0.717, 1.165) is 19.4 Å². The Hall–Kier alpha value is -0.500. The first kappa shape index (κ1) is 15.6. The highest BCUT2D eigenvalue weighted by molar-refractivity contribution is 4.76. The minimum atomic E-state index is -5.41. The molecule has 0 aliphatic carbocycles. The number of hydrogen-bond donors (Lipinski definition) is 1. The Morgan fingerprint density at radius 1 is 1.11 bits per heavy atom. The fraction of sp³-hybridized carbons (Fsp3) is 1.00. The van der Waals surface area contributed by atoms with E-state index in [-0.39, 0.29) is 12.3 Å². The second-order valence-corrected chi connectivity index (χ2v) is 4.34. The summed E-state index contributed by atoms with van der Waals surface area (Å²) in [7, 11) is 0. The molecule has 0 saturated carbocycles. The van der Waals surface area contributed by atoms with Crippen molar-refractivity contribution in [2.75, 3.05) is 19.7 Å². The standard InChI is InChI=1S/C10H15F6NO/c11-9(12,13)8(10(14,15)16)18-5-3-7-2-1-4-17-6-7/h7-8,17H,1-6H2. The fourth-order valence-corrected chi connectivity index (χ4v) is 1.90. The zero-order valence-corrected chi connectivity index (χ0v) is 9.57. The van der Waals surface area contributed by atoms with Crippen molar-refractivity contribution in [1.29, 1.82) is 0 Å². The molecule has 1 aliphatic heterocycles. The lowest BCUT2D eigenvalue weighted by Crippen LogP contribution is -2.44. The average molecular weight is 279 g/mol. The maximum absolute atomic E-state index is 12.1. The van der Waals surface area contributed by atoms with Crippen LogP contribution in [0, 0.1) is 5.92 Å². The number of piperidine rings is 1. The molecule has 108 valence electrons. The Balaban J connectivity index is 2.38. The topological polar surface area (TPSA) is 21.3 Å². The number of hydrogen-bond acceptors (Lipinski definition) is 2. The molecule has 0 aromatic heterocycles. The van der Waals surface area contributed by atoms with Crippen LogP contribution in [0.1, 0.15) is 19.3 Å². The first-order valence-electron chi connectivity index (χ1n) is 5.67. The van der Waals surface area contributed by atoms with Crippen LogP contribution in [-0.4, -0.2) is 38.2 Å². The smallest absolute Gasteiger partial charge is 0.361 e. The Morgan fingerprint density at radius 2 is 1.72 bits per heavy atom. The summed E-state index contributed by atoms with van der Waals surface area (Å²) >= 11 is 0. The monoisotopic (exact) mass is 279 g/mol. The molecule has 18 heavy (non-hydrogen) atoms. The Morgan fingerprint density at radius 3 is 2.17 bits per heavy atom. The zero-order chi connectivity index (χ0) is 13.8. The van der Waals surface area contributed by atoms with Gasteiger partial charge in [-0.15, -0.1) is 0 Å². The van der Waals surface area contributed by atoms with E-state index < -0.39 is 25.1 Å². The van der Waals surface area contributed by atoms with E-state index in [9.17, 15) is 26.3 Å². The van der Waals surface area contributed by atoms with Crippen LogP contribution in [0.4, 0.5) is 26.3 Å². The second kappa shape index (κ2) is 6.10. The number of ether oxygens (including phenoxy) is 1. The van der Waals surface area contributed by atoms with Gasteiger partial charge in [-0.2, -0.15) is 26.3 Å². The zero-order valence-electron chi connectivity index (χ0n) is 9.57. The molecule has 1 atom stereocenters. The van der Waals surface area contributed by atoms with Gasteiger partial charge in [-0.25, -0.2) is 0 Å². The molecule has 1 N–H and O–H groups in total. The van der Waals surface area contributed by atoms with Crippen molar-refractivity contribution in [1.82, 2.24) is 5.32 Å².